The molecule has 1 aromatic carbocycles. The van der Waals surface area contributed by atoms with Crippen LogP contribution >= 0.6 is 23.2 Å². The Hall–Kier alpha value is -2.41. The lowest BCUT2D eigenvalue weighted by Gasteiger charge is -2.20. The zero-order valence-corrected chi connectivity index (χ0v) is 17.0. The minimum Gasteiger partial charge on any atom is -0.394 e. The van der Waals surface area contributed by atoms with E-state index in [9.17, 15) is 5.11 Å². The second-order valence-electron chi connectivity index (χ2n) is 6.64. The second kappa shape index (κ2) is 9.19. The number of nitrogens with one attached hydrogen (secondary N) is 2. The number of aromatic nitrogens is 3. The van der Waals surface area contributed by atoms with Gasteiger partial charge in [0.05, 0.1) is 28.4 Å². The fraction of sp³-hybridized carbons (Fsp3) is 0.250. The number of halogens is 2. The second-order valence-corrected chi connectivity index (χ2v) is 7.45. The first-order valence-electron chi connectivity index (χ1n) is 8.85. The van der Waals surface area contributed by atoms with Crippen LogP contribution in [0, 0.1) is 5.92 Å². The van der Waals surface area contributed by atoms with Gasteiger partial charge in [-0.3, -0.25) is 4.98 Å². The van der Waals surface area contributed by atoms with Crippen molar-refractivity contribution in [3.8, 4) is 11.3 Å². The summed E-state index contributed by atoms with van der Waals surface area (Å²) in [5, 5.41) is 17.0. The molecule has 0 saturated carbocycles. The summed E-state index contributed by atoms with van der Waals surface area (Å²) in [4.78, 5) is 13.3. The van der Waals surface area contributed by atoms with Gasteiger partial charge in [0, 0.05) is 29.7 Å². The summed E-state index contributed by atoms with van der Waals surface area (Å²) in [7, 11) is 0. The van der Waals surface area contributed by atoms with Crippen LogP contribution in [0.15, 0.2) is 48.8 Å². The van der Waals surface area contributed by atoms with Crippen molar-refractivity contribution in [2.75, 3.05) is 17.2 Å². The average Bonchev–Trinajstić information content (AvgIpc) is 2.69. The molecule has 0 radical (unpaired) electrons. The van der Waals surface area contributed by atoms with Gasteiger partial charge in [0.25, 0.3) is 0 Å². The normalized spacial score (nSPS) is 12.1. The lowest BCUT2D eigenvalue weighted by molar-refractivity contribution is 0.248. The van der Waals surface area contributed by atoms with E-state index >= 15 is 0 Å². The van der Waals surface area contributed by atoms with Gasteiger partial charge in [0.15, 0.2) is 0 Å². The van der Waals surface area contributed by atoms with Gasteiger partial charge in [-0.15, -0.1) is 0 Å². The molecule has 3 rings (SSSR count). The van der Waals surface area contributed by atoms with Crippen LogP contribution in [-0.2, 0) is 0 Å². The molecule has 0 amide bonds. The third-order valence-corrected chi connectivity index (χ3v) is 4.93. The molecule has 0 aliphatic heterocycles. The van der Waals surface area contributed by atoms with E-state index in [1.165, 1.54) is 0 Å². The monoisotopic (exact) mass is 417 g/mol. The first-order valence-corrected chi connectivity index (χ1v) is 9.61. The molecule has 0 aliphatic carbocycles. The van der Waals surface area contributed by atoms with Crippen LogP contribution in [0.2, 0.25) is 10.0 Å². The molecule has 3 N–H and O–H groups in total. The maximum Gasteiger partial charge on any atom is 0.225 e. The third kappa shape index (κ3) is 5.10. The lowest BCUT2D eigenvalue weighted by atomic mass is 10.1. The van der Waals surface area contributed by atoms with Crippen molar-refractivity contribution in [1.82, 2.24) is 15.0 Å². The highest BCUT2D eigenvalue weighted by Gasteiger charge is 2.15. The van der Waals surface area contributed by atoms with Crippen molar-refractivity contribution in [2.45, 2.75) is 19.9 Å². The first-order chi connectivity index (χ1) is 13.5. The molecule has 0 bridgehead atoms. The summed E-state index contributed by atoms with van der Waals surface area (Å²) < 4.78 is 0. The average molecular weight is 418 g/mol. The van der Waals surface area contributed by atoms with Crippen LogP contribution in [0.5, 0.6) is 0 Å². The standard InChI is InChI=1S/C20H21Cl2N5O/c1-12(2)18(11-28)26-20-25-17(13-4-3-7-23-10-13)9-19(27-20)24-14-5-6-15(21)16(22)8-14/h3-10,12,18,28H,11H2,1-2H3,(H2,24,25,26,27)/t18-/m1/s1. The summed E-state index contributed by atoms with van der Waals surface area (Å²) in [6, 6.07) is 10.7. The van der Waals surface area contributed by atoms with E-state index in [2.05, 4.69) is 25.6 Å². The number of anilines is 3. The van der Waals surface area contributed by atoms with Gasteiger partial charge in [-0.2, -0.15) is 4.98 Å². The molecule has 2 aromatic heterocycles. The maximum absolute atomic E-state index is 9.63. The zero-order chi connectivity index (χ0) is 20.1. The van der Waals surface area contributed by atoms with E-state index in [0.29, 0.717) is 27.5 Å². The van der Waals surface area contributed by atoms with Crippen LogP contribution < -0.4 is 10.6 Å². The molecule has 0 fully saturated rings. The van der Waals surface area contributed by atoms with Crippen molar-refractivity contribution in [2.24, 2.45) is 5.92 Å². The topological polar surface area (TPSA) is 83.0 Å². The van der Waals surface area contributed by atoms with E-state index in [-0.39, 0.29) is 18.6 Å². The molecule has 2 heterocycles. The minimum atomic E-state index is -0.165. The predicted molar refractivity (Wildman–Crippen MR) is 114 cm³/mol. The number of pyridine rings is 1. The largest absolute Gasteiger partial charge is 0.394 e. The van der Waals surface area contributed by atoms with Crippen LogP contribution in [0.25, 0.3) is 11.3 Å². The van der Waals surface area contributed by atoms with Gasteiger partial charge in [0.2, 0.25) is 5.95 Å². The molecule has 0 saturated heterocycles. The molecule has 146 valence electrons. The fourth-order valence-electron chi connectivity index (χ4n) is 2.55. The maximum atomic E-state index is 9.63. The molecule has 6 nitrogen and oxygen atoms in total. The van der Waals surface area contributed by atoms with Gasteiger partial charge in [-0.1, -0.05) is 37.0 Å². The fourth-order valence-corrected chi connectivity index (χ4v) is 2.85. The first kappa shape index (κ1) is 20.3. The molecule has 0 spiro atoms. The quantitative estimate of drug-likeness (QED) is 0.500. The number of nitrogens with zero attached hydrogens (tertiary/aromatic N) is 3. The van der Waals surface area contributed by atoms with Crippen LogP contribution in [0.3, 0.4) is 0 Å². The molecule has 3 aromatic rings. The van der Waals surface area contributed by atoms with Crippen molar-refractivity contribution >= 4 is 40.7 Å². The van der Waals surface area contributed by atoms with E-state index in [1.807, 2.05) is 38.1 Å². The molecule has 28 heavy (non-hydrogen) atoms. The molecular formula is C20H21Cl2N5O. The van der Waals surface area contributed by atoms with Crippen LogP contribution in [-0.4, -0.2) is 32.7 Å². The molecule has 0 unspecified atom stereocenters. The Balaban J connectivity index is 1.97. The third-order valence-electron chi connectivity index (χ3n) is 4.19. The summed E-state index contributed by atoms with van der Waals surface area (Å²) in [5.41, 5.74) is 2.31. The molecule has 1 atom stereocenters. The molecule has 8 heteroatoms. The van der Waals surface area contributed by atoms with Gasteiger partial charge in [-0.25, -0.2) is 4.98 Å². The van der Waals surface area contributed by atoms with E-state index < -0.39 is 0 Å². The Morgan fingerprint density at radius 2 is 1.89 bits per heavy atom. The number of aliphatic hydroxyl groups excluding tert-OH is 1. The van der Waals surface area contributed by atoms with E-state index in [0.717, 1.165) is 11.3 Å². The lowest BCUT2D eigenvalue weighted by Crippen LogP contribution is -2.30. The van der Waals surface area contributed by atoms with E-state index in [4.69, 9.17) is 23.2 Å². The number of hydrogen-bond acceptors (Lipinski definition) is 6. The molecular weight excluding hydrogens is 397 g/mol. The van der Waals surface area contributed by atoms with Gasteiger partial charge >= 0.3 is 0 Å². The highest BCUT2D eigenvalue weighted by molar-refractivity contribution is 6.42. The van der Waals surface area contributed by atoms with Crippen molar-refractivity contribution in [1.29, 1.82) is 0 Å². The zero-order valence-electron chi connectivity index (χ0n) is 15.5. The van der Waals surface area contributed by atoms with Crippen molar-refractivity contribution < 1.29 is 5.11 Å². The van der Waals surface area contributed by atoms with Crippen molar-refractivity contribution in [3.63, 3.8) is 0 Å². The number of aliphatic hydroxyl groups is 1. The summed E-state index contributed by atoms with van der Waals surface area (Å²) in [6.45, 7) is 4.02. The number of hydrogen-bond donors (Lipinski definition) is 3. The Kier molecular flexibility index (Phi) is 6.67. The van der Waals surface area contributed by atoms with Crippen molar-refractivity contribution in [3.05, 3.63) is 58.8 Å². The Morgan fingerprint density at radius 3 is 2.54 bits per heavy atom. The Morgan fingerprint density at radius 1 is 1.07 bits per heavy atom. The predicted octanol–water partition coefficient (Wildman–Crippen LogP) is 5.02. The van der Waals surface area contributed by atoms with E-state index in [1.54, 1.807) is 24.5 Å². The number of rotatable bonds is 7. The molecule has 0 aliphatic rings. The Bertz CT molecular complexity index is 937. The van der Waals surface area contributed by atoms with Crippen LogP contribution in [0.1, 0.15) is 13.8 Å². The van der Waals surface area contributed by atoms with Gasteiger partial charge < -0.3 is 15.7 Å². The summed E-state index contributed by atoms with van der Waals surface area (Å²) in [5.74, 6) is 1.20. The minimum absolute atomic E-state index is 0.0201. The highest BCUT2D eigenvalue weighted by Crippen LogP contribution is 2.28. The summed E-state index contributed by atoms with van der Waals surface area (Å²) >= 11 is 12.1. The Labute approximate surface area is 174 Å². The van der Waals surface area contributed by atoms with Gasteiger partial charge in [0.1, 0.15) is 5.82 Å². The highest BCUT2D eigenvalue weighted by atomic mass is 35.5. The van der Waals surface area contributed by atoms with Crippen LogP contribution in [0.4, 0.5) is 17.5 Å². The summed E-state index contributed by atoms with van der Waals surface area (Å²) in [6.07, 6.45) is 3.44. The van der Waals surface area contributed by atoms with Gasteiger partial charge in [-0.05, 0) is 36.2 Å². The SMILES string of the molecule is CC(C)[C@@H](CO)Nc1nc(Nc2ccc(Cl)c(Cl)c2)cc(-c2cccnc2)n1. The number of benzene rings is 1. The smallest absolute Gasteiger partial charge is 0.225 e.